The predicted octanol–water partition coefficient (Wildman–Crippen LogP) is 3.92. The number of anilines is 3. The lowest BCUT2D eigenvalue weighted by atomic mass is 10.2. The minimum absolute atomic E-state index is 0.170. The summed E-state index contributed by atoms with van der Waals surface area (Å²) in [5, 5.41) is 3.67. The Morgan fingerprint density at radius 1 is 1.43 bits per heavy atom. The highest BCUT2D eigenvalue weighted by Crippen LogP contribution is 2.32. The van der Waals surface area contributed by atoms with Gasteiger partial charge in [-0.1, -0.05) is 11.6 Å². The molecule has 110 valence electrons. The van der Waals surface area contributed by atoms with Crippen LogP contribution in [0.1, 0.15) is 16.1 Å². The minimum Gasteiger partial charge on any atom is -0.464 e. The molecule has 7 heteroatoms. The number of benzene rings is 1. The van der Waals surface area contributed by atoms with Crippen molar-refractivity contribution in [3.63, 3.8) is 0 Å². The van der Waals surface area contributed by atoms with E-state index in [1.54, 1.807) is 12.1 Å². The number of nitrogen functional groups attached to an aromatic ring is 1. The summed E-state index contributed by atoms with van der Waals surface area (Å²) < 4.78 is 5.45. The van der Waals surface area contributed by atoms with Crippen LogP contribution < -0.4 is 11.1 Å². The molecule has 5 nitrogen and oxygen atoms in total. The van der Waals surface area contributed by atoms with Gasteiger partial charge in [-0.05, 0) is 52.7 Å². The van der Waals surface area contributed by atoms with Crippen LogP contribution in [0.25, 0.3) is 0 Å². The number of ether oxygens (including phenoxy) is 1. The van der Waals surface area contributed by atoms with Crippen molar-refractivity contribution in [3.05, 3.63) is 45.0 Å². The molecule has 2 rings (SSSR count). The number of hydrogen-bond acceptors (Lipinski definition) is 5. The van der Waals surface area contributed by atoms with Crippen LogP contribution in [-0.4, -0.2) is 18.1 Å². The van der Waals surface area contributed by atoms with E-state index in [1.165, 1.54) is 13.2 Å². The zero-order valence-corrected chi connectivity index (χ0v) is 13.7. The topological polar surface area (TPSA) is 77.2 Å². The fourth-order valence-corrected chi connectivity index (χ4v) is 2.38. The number of nitrogens with one attached hydrogen (secondary N) is 1. The lowest BCUT2D eigenvalue weighted by Gasteiger charge is -2.12. The SMILES string of the molecule is COC(=O)c1ccc(N)c(Nc2cc(Cl)c(C)cc2Br)n1. The van der Waals surface area contributed by atoms with Crippen molar-refractivity contribution in [1.29, 1.82) is 0 Å². The molecule has 0 spiro atoms. The molecule has 0 saturated carbocycles. The molecule has 0 aliphatic carbocycles. The van der Waals surface area contributed by atoms with E-state index in [4.69, 9.17) is 17.3 Å². The minimum atomic E-state index is -0.529. The van der Waals surface area contributed by atoms with Crippen LogP contribution in [0.4, 0.5) is 17.2 Å². The number of aromatic nitrogens is 1. The third kappa shape index (κ3) is 3.46. The normalized spacial score (nSPS) is 10.3. The predicted molar refractivity (Wildman–Crippen MR) is 87.2 cm³/mol. The van der Waals surface area contributed by atoms with Gasteiger partial charge < -0.3 is 15.8 Å². The summed E-state index contributed by atoms with van der Waals surface area (Å²) in [7, 11) is 1.30. The Morgan fingerprint density at radius 3 is 2.81 bits per heavy atom. The Kier molecular flexibility index (Phi) is 4.69. The van der Waals surface area contributed by atoms with Gasteiger partial charge in [-0.2, -0.15) is 0 Å². The molecule has 1 aromatic heterocycles. The second kappa shape index (κ2) is 6.32. The van der Waals surface area contributed by atoms with Gasteiger partial charge in [0.2, 0.25) is 0 Å². The van der Waals surface area contributed by atoms with Crippen molar-refractivity contribution in [2.24, 2.45) is 0 Å². The Labute approximate surface area is 135 Å². The molecule has 0 atom stereocenters. The van der Waals surface area contributed by atoms with Crippen molar-refractivity contribution < 1.29 is 9.53 Å². The average molecular weight is 371 g/mol. The van der Waals surface area contributed by atoms with E-state index in [2.05, 4.69) is 31.0 Å². The molecule has 0 fully saturated rings. The second-order valence-electron chi connectivity index (χ2n) is 4.33. The number of methoxy groups -OCH3 is 1. The summed E-state index contributed by atoms with van der Waals surface area (Å²) >= 11 is 9.55. The Morgan fingerprint density at radius 2 is 2.14 bits per heavy atom. The van der Waals surface area contributed by atoms with Gasteiger partial charge in [0.25, 0.3) is 0 Å². The van der Waals surface area contributed by atoms with Crippen LogP contribution >= 0.6 is 27.5 Å². The van der Waals surface area contributed by atoms with E-state index in [0.29, 0.717) is 22.2 Å². The molecule has 0 radical (unpaired) electrons. The number of aryl methyl sites for hydroxylation is 1. The second-order valence-corrected chi connectivity index (χ2v) is 5.59. The fourth-order valence-electron chi connectivity index (χ4n) is 1.66. The van der Waals surface area contributed by atoms with Crippen LogP contribution in [0.3, 0.4) is 0 Å². The zero-order chi connectivity index (χ0) is 15.6. The quantitative estimate of drug-likeness (QED) is 0.801. The lowest BCUT2D eigenvalue weighted by Crippen LogP contribution is -2.08. The third-order valence-electron chi connectivity index (χ3n) is 2.82. The van der Waals surface area contributed by atoms with Crippen molar-refractivity contribution in [1.82, 2.24) is 4.98 Å². The number of nitrogens with two attached hydrogens (primary N) is 1. The molecule has 0 bridgehead atoms. The average Bonchev–Trinajstić information content (AvgIpc) is 2.46. The maximum Gasteiger partial charge on any atom is 0.356 e. The standard InChI is InChI=1S/C14H13BrClN3O2/c1-7-5-8(15)12(6-9(7)16)19-13-10(17)3-4-11(18-13)14(20)21-2/h3-6H,17H2,1-2H3,(H,18,19). The highest BCUT2D eigenvalue weighted by molar-refractivity contribution is 9.10. The highest BCUT2D eigenvalue weighted by atomic mass is 79.9. The number of nitrogens with zero attached hydrogens (tertiary/aromatic N) is 1. The number of carbonyl (C=O) groups excluding carboxylic acids is 1. The zero-order valence-electron chi connectivity index (χ0n) is 11.4. The number of esters is 1. The number of rotatable bonds is 3. The van der Waals surface area contributed by atoms with Crippen LogP contribution in [0.2, 0.25) is 5.02 Å². The fraction of sp³-hybridized carbons (Fsp3) is 0.143. The van der Waals surface area contributed by atoms with Crippen LogP contribution in [0.15, 0.2) is 28.7 Å². The Hall–Kier alpha value is -1.79. The van der Waals surface area contributed by atoms with Gasteiger partial charge >= 0.3 is 5.97 Å². The first-order valence-electron chi connectivity index (χ1n) is 6.00. The van der Waals surface area contributed by atoms with Gasteiger partial charge in [0.05, 0.1) is 18.5 Å². The van der Waals surface area contributed by atoms with E-state index >= 15 is 0 Å². The van der Waals surface area contributed by atoms with Crippen molar-refractivity contribution in [2.45, 2.75) is 6.92 Å². The van der Waals surface area contributed by atoms with E-state index in [-0.39, 0.29) is 5.69 Å². The first-order valence-corrected chi connectivity index (χ1v) is 7.17. The van der Waals surface area contributed by atoms with Crippen molar-refractivity contribution in [3.8, 4) is 0 Å². The van der Waals surface area contributed by atoms with E-state index in [0.717, 1.165) is 10.0 Å². The number of hydrogen-bond donors (Lipinski definition) is 2. The van der Waals surface area contributed by atoms with Crippen LogP contribution in [0, 0.1) is 6.92 Å². The van der Waals surface area contributed by atoms with Crippen LogP contribution in [-0.2, 0) is 4.74 Å². The molecule has 1 aromatic carbocycles. The third-order valence-corrected chi connectivity index (χ3v) is 3.89. The summed E-state index contributed by atoms with van der Waals surface area (Å²) in [6.07, 6.45) is 0. The van der Waals surface area contributed by atoms with Crippen molar-refractivity contribution >= 4 is 50.7 Å². The maximum atomic E-state index is 11.5. The van der Waals surface area contributed by atoms with Gasteiger partial charge in [0.15, 0.2) is 11.5 Å². The summed E-state index contributed by atoms with van der Waals surface area (Å²) in [6, 6.07) is 6.73. The lowest BCUT2D eigenvalue weighted by molar-refractivity contribution is 0.0594. The van der Waals surface area contributed by atoms with E-state index in [9.17, 15) is 4.79 Å². The molecule has 3 N–H and O–H groups in total. The molecule has 0 aliphatic heterocycles. The van der Waals surface area contributed by atoms with E-state index in [1.807, 2.05) is 13.0 Å². The van der Waals surface area contributed by atoms with E-state index < -0.39 is 5.97 Å². The molecule has 0 amide bonds. The summed E-state index contributed by atoms with van der Waals surface area (Å²) in [4.78, 5) is 15.7. The number of halogens is 2. The monoisotopic (exact) mass is 369 g/mol. The van der Waals surface area contributed by atoms with Gasteiger partial charge in [0, 0.05) is 9.50 Å². The smallest absolute Gasteiger partial charge is 0.356 e. The maximum absolute atomic E-state index is 11.5. The summed E-state index contributed by atoms with van der Waals surface area (Å²) in [5.41, 5.74) is 8.09. The van der Waals surface area contributed by atoms with Crippen molar-refractivity contribution in [2.75, 3.05) is 18.2 Å². The largest absolute Gasteiger partial charge is 0.464 e. The molecule has 0 unspecified atom stereocenters. The highest BCUT2D eigenvalue weighted by Gasteiger charge is 2.12. The summed E-state index contributed by atoms with van der Waals surface area (Å²) in [5.74, 6) is -0.169. The summed E-state index contributed by atoms with van der Waals surface area (Å²) in [6.45, 7) is 1.90. The Bertz CT molecular complexity index is 707. The van der Waals surface area contributed by atoms with Gasteiger partial charge in [-0.25, -0.2) is 9.78 Å². The molecule has 2 aromatic rings. The van der Waals surface area contributed by atoms with Crippen LogP contribution in [0.5, 0.6) is 0 Å². The molecule has 0 saturated heterocycles. The molecular weight excluding hydrogens is 358 g/mol. The Balaban J connectivity index is 2.39. The number of pyridine rings is 1. The van der Waals surface area contributed by atoms with Gasteiger partial charge in [-0.3, -0.25) is 0 Å². The molecule has 0 aliphatic rings. The van der Waals surface area contributed by atoms with Gasteiger partial charge in [-0.15, -0.1) is 0 Å². The van der Waals surface area contributed by atoms with Gasteiger partial charge in [0.1, 0.15) is 0 Å². The molecular formula is C14H13BrClN3O2. The number of carbonyl (C=O) groups is 1. The molecule has 1 heterocycles. The molecule has 21 heavy (non-hydrogen) atoms. The first-order chi connectivity index (χ1) is 9.92. The first kappa shape index (κ1) is 15.6.